The molecule has 0 aliphatic carbocycles. The maximum atomic E-state index is 13.6. The van der Waals surface area contributed by atoms with Crippen molar-refractivity contribution in [2.75, 3.05) is 7.11 Å². The van der Waals surface area contributed by atoms with Crippen molar-refractivity contribution in [3.63, 3.8) is 0 Å². The molecule has 19 heteroatoms. The molecule has 3 aliphatic rings. The smallest absolute Gasteiger partial charge is 0.239 e. The largest absolute Gasteiger partial charge is 0.479 e. The monoisotopic (exact) mass is 1250 g/mol. The number of aryl methyl sites for hydroxylation is 1. The number of ether oxygens (including phenoxy) is 1. The molecule has 6 aromatic carbocycles. The van der Waals surface area contributed by atoms with Crippen LogP contribution in [-0.2, 0) is 47.3 Å². The summed E-state index contributed by atoms with van der Waals surface area (Å²) in [6.07, 6.45) is 21.4. The van der Waals surface area contributed by atoms with E-state index in [4.69, 9.17) is 4.74 Å². The first-order valence-corrected chi connectivity index (χ1v) is 33.9. The van der Waals surface area contributed by atoms with Crippen LogP contribution < -0.4 is 4.74 Å². The molecule has 15 rings (SSSR count). The Morgan fingerprint density at radius 1 is 0.422 bits per heavy atom. The first kappa shape index (κ1) is 58.7. The number of nitrogens with one attached hydrogen (secondary N) is 3. The third kappa shape index (κ3) is 11.7. The third-order valence-corrected chi connectivity index (χ3v) is 21.3. The predicted molar refractivity (Wildman–Crippen MR) is 354 cm³/mol. The number of H-pyrrole nitrogens is 3. The van der Waals surface area contributed by atoms with Crippen molar-refractivity contribution < 1.29 is 30.0 Å². The summed E-state index contributed by atoms with van der Waals surface area (Å²) in [6.45, 7) is 1.94. The quantitative estimate of drug-likeness (QED) is 0.0995. The Labute approximate surface area is 522 Å². The number of methoxy groups -OCH3 is 1. The minimum atomic E-state index is -3.65. The molecule has 3 aliphatic heterocycles. The van der Waals surface area contributed by atoms with Gasteiger partial charge in [0.05, 0.1) is 54.2 Å². The minimum absolute atomic E-state index is 0.0558. The molecule has 16 nitrogen and oxygen atoms in total. The second kappa shape index (κ2) is 24.7. The Kier molecular flexibility index (Phi) is 16.1. The lowest BCUT2D eigenvalue weighted by atomic mass is 9.92. The number of aromatic amines is 3. The van der Waals surface area contributed by atoms with Gasteiger partial charge in [0.15, 0.2) is 0 Å². The highest BCUT2D eigenvalue weighted by Gasteiger charge is 2.38. The molecular weight excluding hydrogens is 1190 g/mol. The second-order valence-corrected chi connectivity index (χ2v) is 27.6. The molecular formula is C71H61N9O7S3. The van der Waals surface area contributed by atoms with Crippen LogP contribution in [0.15, 0.2) is 244 Å². The highest BCUT2D eigenvalue weighted by Crippen LogP contribution is 2.44. The number of rotatable bonds is 13. The standard InChI is InChI=1S/C24H21N3O3S.C24H21N3O2S.C23H19N3O2S/c1-30-24-22-20(11-13-25-24)21(15-26-22)23-19-10-6-5-9-18(19)12-14-27(23)31(28,29)16-17-7-3-2-4-8-17;1-17-13-21-22(14-26-23(21)15-25-17)24-20-10-6-5-9-19(20)11-12-27(24)30(28,29)16-18-7-3-2-4-8-18;27-29(28,16-17-7-2-1-3-8-17)26-14-12-18-9-4-5-10-19(18)22(26)21-15-25-23-20(21)11-6-13-24-23/h2-15,23,26H,16H2,1H3;2-15,24,26H,16H2,1H3;1-15,22H,16H2,(H,24,25). The SMILES string of the molecule is COc1nccc2c(C3c4ccccc4C=CN3S(=O)(=O)Cc3ccccc3)c[nH]c12.Cc1cc2c(C3c4ccccc4C=CN3S(=O)(=O)Cc3ccccc3)c[nH]c2cn1.O=S(=O)(Cc1ccccc1)N1C=Cc2ccccc2C1c1c[nH]c2ncccc12. The Hall–Kier alpha value is -10.3. The van der Waals surface area contributed by atoms with E-state index in [9.17, 15) is 25.3 Å². The predicted octanol–water partition coefficient (Wildman–Crippen LogP) is 13.7. The topological polar surface area (TPSA) is 207 Å². The van der Waals surface area contributed by atoms with Crippen LogP contribution in [0.25, 0.3) is 51.1 Å². The fraction of sp³-hybridized carbons (Fsp3) is 0.113. The summed E-state index contributed by atoms with van der Waals surface area (Å²) in [5.41, 5.74) is 14.1. The Morgan fingerprint density at radius 3 is 1.32 bits per heavy atom. The van der Waals surface area contributed by atoms with Gasteiger partial charge in [-0.3, -0.25) is 17.9 Å². The lowest BCUT2D eigenvalue weighted by molar-refractivity contribution is 0.402. The summed E-state index contributed by atoms with van der Waals surface area (Å²) in [7, 11) is -9.31. The highest BCUT2D eigenvalue weighted by molar-refractivity contribution is 7.89. The van der Waals surface area contributed by atoms with Gasteiger partial charge in [-0.1, -0.05) is 164 Å². The van der Waals surface area contributed by atoms with Crippen molar-refractivity contribution in [2.45, 2.75) is 42.3 Å². The first-order chi connectivity index (χ1) is 43.7. The highest BCUT2D eigenvalue weighted by atomic mass is 32.2. The molecule has 12 aromatic rings. The van der Waals surface area contributed by atoms with E-state index in [2.05, 4.69) is 29.9 Å². The first-order valence-electron chi connectivity index (χ1n) is 29.1. The molecule has 0 saturated heterocycles. The van der Waals surface area contributed by atoms with Crippen LogP contribution in [0.3, 0.4) is 0 Å². The number of hydrogen-bond acceptors (Lipinski definition) is 10. The molecule has 0 fully saturated rings. The van der Waals surface area contributed by atoms with Crippen LogP contribution >= 0.6 is 0 Å². The number of aromatic nitrogens is 6. The molecule has 90 heavy (non-hydrogen) atoms. The number of pyridine rings is 3. The number of hydrogen-bond donors (Lipinski definition) is 3. The summed E-state index contributed by atoms with van der Waals surface area (Å²) in [5, 5.41) is 2.78. The van der Waals surface area contributed by atoms with Gasteiger partial charge in [-0.2, -0.15) is 0 Å². The van der Waals surface area contributed by atoms with Gasteiger partial charge in [0.2, 0.25) is 35.9 Å². The molecule has 9 heterocycles. The van der Waals surface area contributed by atoms with Crippen LogP contribution in [0.1, 0.15) is 90.6 Å². The number of sulfonamides is 3. The van der Waals surface area contributed by atoms with E-state index >= 15 is 0 Å². The van der Waals surface area contributed by atoms with Crippen LogP contribution in [0.4, 0.5) is 0 Å². The van der Waals surface area contributed by atoms with Crippen molar-refractivity contribution in [1.82, 2.24) is 42.8 Å². The Morgan fingerprint density at radius 2 is 0.844 bits per heavy atom. The normalized spacial score (nSPS) is 16.0. The van der Waals surface area contributed by atoms with Crippen LogP contribution in [0.2, 0.25) is 0 Å². The zero-order chi connectivity index (χ0) is 62.0. The number of fused-ring (bicyclic) bond motifs is 6. The molecule has 3 atom stereocenters. The minimum Gasteiger partial charge on any atom is -0.479 e. The summed E-state index contributed by atoms with van der Waals surface area (Å²) in [6, 6.07) is 57.8. The van der Waals surface area contributed by atoms with Crippen molar-refractivity contribution >= 4 is 81.1 Å². The number of nitrogens with zero attached hydrogens (tertiary/aromatic N) is 6. The van der Waals surface area contributed by atoms with Crippen molar-refractivity contribution in [2.24, 2.45) is 0 Å². The van der Waals surface area contributed by atoms with Gasteiger partial charge >= 0.3 is 0 Å². The second-order valence-electron chi connectivity index (χ2n) is 22.0. The van der Waals surface area contributed by atoms with Gasteiger partial charge in [-0.25, -0.2) is 35.2 Å². The summed E-state index contributed by atoms with van der Waals surface area (Å²) in [5.74, 6) is 0.281. The zero-order valence-electron chi connectivity index (χ0n) is 48.9. The summed E-state index contributed by atoms with van der Waals surface area (Å²) < 4.78 is 90.9. The fourth-order valence-corrected chi connectivity index (χ4v) is 16.8. The van der Waals surface area contributed by atoms with E-state index in [0.717, 1.165) is 105 Å². The van der Waals surface area contributed by atoms with Gasteiger partial charge in [0, 0.05) is 88.1 Å². The Balaban J connectivity index is 0.000000124. The van der Waals surface area contributed by atoms with Gasteiger partial charge in [-0.15, -0.1) is 0 Å². The van der Waals surface area contributed by atoms with E-state index in [-0.39, 0.29) is 17.3 Å². The van der Waals surface area contributed by atoms with E-state index in [1.807, 2.05) is 232 Å². The summed E-state index contributed by atoms with van der Waals surface area (Å²) in [4.78, 5) is 22.6. The Bertz CT molecular complexity index is 5050. The average molecular weight is 1250 g/mol. The molecule has 3 N–H and O–H groups in total. The van der Waals surface area contributed by atoms with E-state index in [1.54, 1.807) is 44.3 Å². The summed E-state index contributed by atoms with van der Waals surface area (Å²) >= 11 is 0. The molecule has 0 amide bonds. The maximum Gasteiger partial charge on any atom is 0.239 e. The van der Waals surface area contributed by atoms with Gasteiger partial charge in [0.1, 0.15) is 11.2 Å². The average Bonchev–Trinajstić information content (AvgIpc) is 1.44. The fourth-order valence-electron chi connectivity index (χ4n) is 12.1. The third-order valence-electron chi connectivity index (χ3n) is 16.3. The molecule has 0 bridgehead atoms. The van der Waals surface area contributed by atoms with Crippen molar-refractivity contribution in [1.29, 1.82) is 0 Å². The van der Waals surface area contributed by atoms with Crippen LogP contribution in [-0.4, -0.2) is 75.2 Å². The van der Waals surface area contributed by atoms with Crippen molar-refractivity contribution in [3.05, 3.63) is 316 Å². The number of benzene rings is 6. The van der Waals surface area contributed by atoms with Gasteiger partial charge in [0.25, 0.3) is 0 Å². The van der Waals surface area contributed by atoms with Crippen molar-refractivity contribution in [3.8, 4) is 5.88 Å². The lowest BCUT2D eigenvalue weighted by Gasteiger charge is -2.34. The van der Waals surface area contributed by atoms with E-state index in [1.165, 1.54) is 12.9 Å². The van der Waals surface area contributed by atoms with E-state index in [0.29, 0.717) is 5.88 Å². The van der Waals surface area contributed by atoms with Gasteiger partial charge < -0.3 is 19.7 Å². The molecule has 3 unspecified atom stereocenters. The maximum absolute atomic E-state index is 13.6. The zero-order valence-corrected chi connectivity index (χ0v) is 51.4. The molecule has 0 spiro atoms. The van der Waals surface area contributed by atoms with E-state index < -0.39 is 48.2 Å². The molecule has 450 valence electrons. The molecule has 6 aromatic heterocycles. The molecule has 0 saturated carbocycles. The van der Waals surface area contributed by atoms with Crippen LogP contribution in [0, 0.1) is 6.92 Å². The van der Waals surface area contributed by atoms with Gasteiger partial charge in [-0.05, 0) is 99.5 Å². The lowest BCUT2D eigenvalue weighted by Crippen LogP contribution is -2.34. The molecule has 0 radical (unpaired) electrons. The van der Waals surface area contributed by atoms with Crippen LogP contribution in [0.5, 0.6) is 5.88 Å².